The number of halogens is 2. The predicted octanol–water partition coefficient (Wildman–Crippen LogP) is 5.49. The first-order chi connectivity index (χ1) is 16.0. The zero-order valence-corrected chi connectivity index (χ0v) is 20.4. The molecule has 5 rings (SSSR count). The highest BCUT2D eigenvalue weighted by Gasteiger charge is 2.23. The van der Waals surface area contributed by atoms with E-state index in [2.05, 4.69) is 27.2 Å². The van der Waals surface area contributed by atoms with Gasteiger partial charge in [0.2, 0.25) is 5.89 Å². The minimum atomic E-state index is -0.590. The molecule has 1 fully saturated rings. The highest BCUT2D eigenvalue weighted by molar-refractivity contribution is 6.30. The quantitative estimate of drug-likeness (QED) is 0.357. The van der Waals surface area contributed by atoms with Crippen molar-refractivity contribution in [3.8, 4) is 17.4 Å². The Morgan fingerprint density at radius 1 is 1.12 bits per heavy atom. The monoisotopic (exact) mass is 503 g/mol. The van der Waals surface area contributed by atoms with Crippen LogP contribution in [0.5, 0.6) is 5.75 Å². The van der Waals surface area contributed by atoms with Gasteiger partial charge in [0.1, 0.15) is 24.0 Å². The number of β-amino-alcohol motifs (C(OH)–C–C–N with tert-alkyl or cyclic N) is 1. The van der Waals surface area contributed by atoms with Crippen molar-refractivity contribution in [2.24, 2.45) is 0 Å². The van der Waals surface area contributed by atoms with Gasteiger partial charge in [-0.2, -0.15) is 0 Å². The summed E-state index contributed by atoms with van der Waals surface area (Å²) in [6.45, 7) is 4.40. The lowest BCUT2D eigenvalue weighted by Gasteiger charge is -2.33. The summed E-state index contributed by atoms with van der Waals surface area (Å²) >= 11 is 6.14. The van der Waals surface area contributed by atoms with Crippen LogP contribution >= 0.6 is 24.0 Å². The van der Waals surface area contributed by atoms with Gasteiger partial charge >= 0.3 is 0 Å². The Balaban J connectivity index is 0.00000274. The SMILES string of the molecule is Cc1nnc(-c2cc3c(OC[C@@H](O)CN4CCC(c5cccc(Cl)c5)CC4)cccc3o2)o1.Cl. The number of aromatic nitrogens is 2. The van der Waals surface area contributed by atoms with E-state index in [1.165, 1.54) is 5.56 Å². The molecule has 9 heteroatoms. The number of nitrogens with zero attached hydrogens (tertiary/aromatic N) is 3. The van der Waals surface area contributed by atoms with Gasteiger partial charge in [-0.3, -0.25) is 0 Å². The van der Waals surface area contributed by atoms with E-state index in [1.807, 2.05) is 36.4 Å². The lowest BCUT2D eigenvalue weighted by molar-refractivity contribution is 0.0599. The normalized spacial score (nSPS) is 15.9. The second-order valence-electron chi connectivity index (χ2n) is 8.50. The molecule has 1 N–H and O–H groups in total. The highest BCUT2D eigenvalue weighted by atomic mass is 35.5. The standard InChI is InChI=1S/C25H26ClN3O4.ClH/c1-16-27-28-25(32-16)24-13-21-22(6-3-7-23(21)33-24)31-15-20(30)14-29-10-8-17(9-11-29)18-4-2-5-19(26)12-18;/h2-7,12-13,17,20,30H,8-11,14-15H2,1H3;1H/t20-;/m0./s1. The third-order valence-corrected chi connectivity index (χ3v) is 6.30. The van der Waals surface area contributed by atoms with Crippen LogP contribution in [0.3, 0.4) is 0 Å². The molecule has 0 spiro atoms. The van der Waals surface area contributed by atoms with Gasteiger partial charge in [-0.1, -0.05) is 29.8 Å². The number of furan rings is 1. The molecule has 2 aromatic carbocycles. The van der Waals surface area contributed by atoms with Crippen molar-refractivity contribution in [2.75, 3.05) is 26.2 Å². The van der Waals surface area contributed by atoms with Gasteiger partial charge < -0.3 is 23.6 Å². The molecule has 3 heterocycles. The Morgan fingerprint density at radius 3 is 2.65 bits per heavy atom. The molecule has 1 atom stereocenters. The van der Waals surface area contributed by atoms with Gasteiger partial charge in [-0.15, -0.1) is 22.6 Å². The van der Waals surface area contributed by atoms with Crippen LogP contribution in [-0.2, 0) is 0 Å². The number of fused-ring (bicyclic) bond motifs is 1. The molecule has 34 heavy (non-hydrogen) atoms. The molecule has 0 aliphatic carbocycles. The van der Waals surface area contributed by atoms with Crippen molar-refractivity contribution in [3.05, 3.63) is 65.0 Å². The fourth-order valence-corrected chi connectivity index (χ4v) is 4.61. The van der Waals surface area contributed by atoms with Gasteiger partial charge in [-0.05, 0) is 61.7 Å². The zero-order valence-electron chi connectivity index (χ0n) is 18.8. The van der Waals surface area contributed by atoms with E-state index in [0.29, 0.717) is 41.3 Å². The maximum absolute atomic E-state index is 10.6. The largest absolute Gasteiger partial charge is 0.490 e. The van der Waals surface area contributed by atoms with Crippen LogP contribution in [-0.4, -0.2) is 52.5 Å². The first-order valence-corrected chi connectivity index (χ1v) is 11.5. The van der Waals surface area contributed by atoms with Crippen molar-refractivity contribution in [1.82, 2.24) is 15.1 Å². The van der Waals surface area contributed by atoms with E-state index in [-0.39, 0.29) is 19.0 Å². The lowest BCUT2D eigenvalue weighted by atomic mass is 9.89. The average molecular weight is 504 g/mol. The first kappa shape index (κ1) is 24.5. The number of aliphatic hydroxyl groups excluding tert-OH is 1. The summed E-state index contributed by atoms with van der Waals surface area (Å²) in [5, 5.41) is 20.0. The van der Waals surface area contributed by atoms with Gasteiger partial charge in [0, 0.05) is 24.6 Å². The highest BCUT2D eigenvalue weighted by Crippen LogP contribution is 2.33. The lowest BCUT2D eigenvalue weighted by Crippen LogP contribution is -2.40. The number of aryl methyl sites for hydroxylation is 1. The topological polar surface area (TPSA) is 84.8 Å². The van der Waals surface area contributed by atoms with Crippen molar-refractivity contribution in [3.63, 3.8) is 0 Å². The number of piperidine rings is 1. The molecule has 1 aliphatic rings. The number of likely N-dealkylation sites (tertiary alicyclic amines) is 1. The van der Waals surface area contributed by atoms with Gasteiger partial charge in [0.05, 0.1) is 5.39 Å². The molecule has 180 valence electrons. The van der Waals surface area contributed by atoms with E-state index in [9.17, 15) is 5.11 Å². The number of hydrogen-bond acceptors (Lipinski definition) is 7. The summed E-state index contributed by atoms with van der Waals surface area (Å²) in [6, 6.07) is 15.5. The van der Waals surface area contributed by atoms with Crippen LogP contribution in [0.1, 0.15) is 30.2 Å². The van der Waals surface area contributed by atoms with E-state index in [1.54, 1.807) is 6.92 Å². The average Bonchev–Trinajstić information content (AvgIpc) is 3.44. The second-order valence-corrected chi connectivity index (χ2v) is 8.94. The Morgan fingerprint density at radius 2 is 1.91 bits per heavy atom. The third-order valence-electron chi connectivity index (χ3n) is 6.07. The Bertz CT molecular complexity index is 1230. The molecule has 0 bridgehead atoms. The van der Waals surface area contributed by atoms with Crippen molar-refractivity contribution in [2.45, 2.75) is 31.8 Å². The Labute approximate surface area is 209 Å². The summed E-state index contributed by atoms with van der Waals surface area (Å²) in [7, 11) is 0. The molecular formula is C25H27Cl2N3O4. The molecule has 0 unspecified atom stereocenters. The maximum Gasteiger partial charge on any atom is 0.283 e. The summed E-state index contributed by atoms with van der Waals surface area (Å²) in [5.41, 5.74) is 1.96. The fourth-order valence-electron chi connectivity index (χ4n) is 4.41. The molecule has 0 radical (unpaired) electrons. The first-order valence-electron chi connectivity index (χ1n) is 11.2. The minimum absolute atomic E-state index is 0. The number of rotatable bonds is 7. The molecule has 2 aromatic heterocycles. The van der Waals surface area contributed by atoms with E-state index < -0.39 is 6.10 Å². The van der Waals surface area contributed by atoms with Crippen LogP contribution in [0.2, 0.25) is 5.02 Å². The van der Waals surface area contributed by atoms with E-state index in [0.717, 1.165) is 36.3 Å². The molecule has 7 nitrogen and oxygen atoms in total. The summed E-state index contributed by atoms with van der Waals surface area (Å²) in [5.74, 6) is 2.46. The van der Waals surface area contributed by atoms with Gasteiger partial charge in [0.15, 0.2) is 5.76 Å². The van der Waals surface area contributed by atoms with Crippen molar-refractivity contribution in [1.29, 1.82) is 0 Å². The Kier molecular flexibility index (Phi) is 7.78. The number of ether oxygens (including phenoxy) is 1. The van der Waals surface area contributed by atoms with Crippen LogP contribution in [0.15, 0.2) is 57.4 Å². The summed E-state index contributed by atoms with van der Waals surface area (Å²) in [6.07, 6.45) is 1.52. The maximum atomic E-state index is 10.6. The van der Waals surface area contributed by atoms with Crippen LogP contribution in [0.25, 0.3) is 22.6 Å². The van der Waals surface area contributed by atoms with Crippen LogP contribution < -0.4 is 4.74 Å². The minimum Gasteiger partial charge on any atom is -0.490 e. The molecule has 0 amide bonds. The third kappa shape index (κ3) is 5.55. The zero-order chi connectivity index (χ0) is 22.8. The number of hydrogen-bond donors (Lipinski definition) is 1. The molecular weight excluding hydrogens is 477 g/mol. The van der Waals surface area contributed by atoms with Crippen molar-refractivity contribution >= 4 is 35.0 Å². The van der Waals surface area contributed by atoms with Crippen LogP contribution in [0, 0.1) is 6.92 Å². The van der Waals surface area contributed by atoms with Crippen LogP contribution in [0.4, 0.5) is 0 Å². The number of aliphatic hydroxyl groups is 1. The summed E-state index contributed by atoms with van der Waals surface area (Å²) in [4.78, 5) is 2.30. The molecule has 1 aliphatic heterocycles. The predicted molar refractivity (Wildman–Crippen MR) is 133 cm³/mol. The smallest absolute Gasteiger partial charge is 0.283 e. The number of benzene rings is 2. The van der Waals surface area contributed by atoms with Gasteiger partial charge in [-0.25, -0.2) is 0 Å². The van der Waals surface area contributed by atoms with E-state index in [4.69, 9.17) is 25.2 Å². The Hall–Kier alpha value is -2.58. The molecule has 0 saturated carbocycles. The second kappa shape index (κ2) is 10.8. The molecule has 1 saturated heterocycles. The summed E-state index contributed by atoms with van der Waals surface area (Å²) < 4.78 is 17.3. The van der Waals surface area contributed by atoms with E-state index >= 15 is 0 Å². The van der Waals surface area contributed by atoms with Gasteiger partial charge in [0.25, 0.3) is 5.89 Å². The fraction of sp³-hybridized carbons (Fsp3) is 0.360. The van der Waals surface area contributed by atoms with Crippen molar-refractivity contribution < 1.29 is 18.7 Å². The molecule has 4 aromatic rings.